The molecule has 1 atom stereocenters. The first kappa shape index (κ1) is 15.7. The lowest BCUT2D eigenvalue weighted by Gasteiger charge is -2.13. The van der Waals surface area contributed by atoms with Gasteiger partial charge in [-0.3, -0.25) is 9.78 Å². The zero-order valence-electron chi connectivity index (χ0n) is 11.8. The molecule has 21 heavy (non-hydrogen) atoms. The van der Waals surface area contributed by atoms with E-state index >= 15 is 0 Å². The summed E-state index contributed by atoms with van der Waals surface area (Å²) in [5.41, 5.74) is 1.66. The van der Waals surface area contributed by atoms with Crippen LogP contribution in [0.25, 0.3) is 0 Å². The van der Waals surface area contributed by atoms with E-state index in [2.05, 4.69) is 38.5 Å². The highest BCUT2D eigenvalue weighted by Gasteiger charge is 2.06. The summed E-state index contributed by atoms with van der Waals surface area (Å²) in [7, 11) is 0. The summed E-state index contributed by atoms with van der Waals surface area (Å²) in [5.74, 6) is -0.0604. The Hall–Kier alpha value is -1.72. The van der Waals surface area contributed by atoms with E-state index in [0.717, 1.165) is 10.2 Å². The molecule has 0 aliphatic heterocycles. The van der Waals surface area contributed by atoms with Gasteiger partial charge in [0.2, 0.25) is 0 Å². The molecular weight excluding hydrogens is 330 g/mol. The smallest absolute Gasteiger partial charge is 0.251 e. The Kier molecular flexibility index (Phi) is 5.90. The van der Waals surface area contributed by atoms with E-state index in [1.54, 1.807) is 18.3 Å². The summed E-state index contributed by atoms with van der Waals surface area (Å²) in [5, 5.41) is 6.22. The van der Waals surface area contributed by atoms with Gasteiger partial charge in [-0.05, 0) is 43.3 Å². The highest BCUT2D eigenvalue weighted by atomic mass is 79.9. The standard InChI is InChI=1S/C16H18BrN3O/c1-12(15-4-2-3-9-19-15)18-10-11-20-16(21)13-5-7-14(17)8-6-13/h2-9,12,18H,10-11H2,1H3,(H,20,21)/t12-/m1/s1. The van der Waals surface area contributed by atoms with Crippen LogP contribution < -0.4 is 10.6 Å². The van der Waals surface area contributed by atoms with E-state index in [1.807, 2.05) is 30.3 Å². The molecule has 0 spiro atoms. The van der Waals surface area contributed by atoms with Crippen LogP contribution in [-0.2, 0) is 0 Å². The fourth-order valence-electron chi connectivity index (χ4n) is 1.90. The van der Waals surface area contributed by atoms with Crippen LogP contribution in [0.4, 0.5) is 0 Å². The van der Waals surface area contributed by atoms with Crippen LogP contribution in [0.2, 0.25) is 0 Å². The summed E-state index contributed by atoms with van der Waals surface area (Å²) < 4.78 is 0.963. The molecule has 0 radical (unpaired) electrons. The Morgan fingerprint density at radius 2 is 1.95 bits per heavy atom. The number of nitrogens with one attached hydrogen (secondary N) is 2. The van der Waals surface area contributed by atoms with Gasteiger partial charge in [-0.1, -0.05) is 22.0 Å². The van der Waals surface area contributed by atoms with Crippen molar-refractivity contribution < 1.29 is 4.79 Å². The van der Waals surface area contributed by atoms with Gasteiger partial charge in [0.1, 0.15) is 0 Å². The number of halogens is 1. The van der Waals surface area contributed by atoms with E-state index < -0.39 is 0 Å². The normalized spacial score (nSPS) is 11.9. The number of rotatable bonds is 6. The van der Waals surface area contributed by atoms with Crippen molar-refractivity contribution in [1.82, 2.24) is 15.6 Å². The number of hydrogen-bond acceptors (Lipinski definition) is 3. The average Bonchev–Trinajstić information content (AvgIpc) is 2.52. The number of hydrogen-bond donors (Lipinski definition) is 2. The first-order valence-corrected chi connectivity index (χ1v) is 7.64. The average molecular weight is 348 g/mol. The third kappa shape index (κ3) is 4.95. The number of pyridine rings is 1. The molecule has 4 nitrogen and oxygen atoms in total. The van der Waals surface area contributed by atoms with Crippen molar-refractivity contribution in [3.63, 3.8) is 0 Å². The van der Waals surface area contributed by atoms with Crippen LogP contribution in [0, 0.1) is 0 Å². The first-order valence-electron chi connectivity index (χ1n) is 6.85. The van der Waals surface area contributed by atoms with Gasteiger partial charge in [-0.2, -0.15) is 0 Å². The quantitative estimate of drug-likeness (QED) is 0.790. The van der Waals surface area contributed by atoms with Gasteiger partial charge in [0.15, 0.2) is 0 Å². The molecule has 1 heterocycles. The maximum atomic E-state index is 11.9. The Labute approximate surface area is 133 Å². The van der Waals surface area contributed by atoms with Gasteiger partial charge in [-0.15, -0.1) is 0 Å². The molecule has 2 rings (SSSR count). The molecule has 1 aromatic heterocycles. The van der Waals surface area contributed by atoms with Crippen molar-refractivity contribution in [3.05, 3.63) is 64.4 Å². The number of carbonyl (C=O) groups is 1. The van der Waals surface area contributed by atoms with Crippen LogP contribution >= 0.6 is 15.9 Å². The zero-order chi connectivity index (χ0) is 15.1. The number of amides is 1. The summed E-state index contributed by atoms with van der Waals surface area (Å²) in [6.45, 7) is 3.32. The van der Waals surface area contributed by atoms with Crippen molar-refractivity contribution in [1.29, 1.82) is 0 Å². The van der Waals surface area contributed by atoms with Crippen molar-refractivity contribution in [2.24, 2.45) is 0 Å². The minimum atomic E-state index is -0.0604. The summed E-state index contributed by atoms with van der Waals surface area (Å²) in [6.07, 6.45) is 1.78. The molecule has 1 aromatic carbocycles. The monoisotopic (exact) mass is 347 g/mol. The predicted octanol–water partition coefficient (Wildman–Crippen LogP) is 2.92. The molecule has 2 aromatic rings. The van der Waals surface area contributed by atoms with Gasteiger partial charge in [0.05, 0.1) is 5.69 Å². The summed E-state index contributed by atoms with van der Waals surface area (Å²) in [4.78, 5) is 16.2. The second kappa shape index (κ2) is 7.90. The van der Waals surface area contributed by atoms with Gasteiger partial charge in [-0.25, -0.2) is 0 Å². The van der Waals surface area contributed by atoms with Gasteiger partial charge in [0, 0.05) is 35.4 Å². The van der Waals surface area contributed by atoms with Gasteiger partial charge >= 0.3 is 0 Å². The van der Waals surface area contributed by atoms with Crippen LogP contribution in [0.1, 0.15) is 29.0 Å². The Balaban J connectivity index is 1.72. The molecule has 0 aliphatic carbocycles. The van der Waals surface area contributed by atoms with E-state index in [4.69, 9.17) is 0 Å². The van der Waals surface area contributed by atoms with Gasteiger partial charge in [0.25, 0.3) is 5.91 Å². The largest absolute Gasteiger partial charge is 0.351 e. The van der Waals surface area contributed by atoms with E-state index in [0.29, 0.717) is 18.7 Å². The lowest BCUT2D eigenvalue weighted by Crippen LogP contribution is -2.33. The molecule has 0 aliphatic rings. The first-order chi connectivity index (χ1) is 10.2. The Bertz CT molecular complexity index is 572. The molecule has 0 saturated heterocycles. The summed E-state index contributed by atoms with van der Waals surface area (Å²) in [6, 6.07) is 13.3. The zero-order valence-corrected chi connectivity index (χ0v) is 13.4. The topological polar surface area (TPSA) is 54.0 Å². The van der Waals surface area contributed by atoms with Crippen LogP contribution in [0.15, 0.2) is 53.1 Å². The minimum absolute atomic E-state index is 0.0604. The highest BCUT2D eigenvalue weighted by Crippen LogP contribution is 2.10. The Morgan fingerprint density at radius 1 is 1.19 bits per heavy atom. The molecule has 5 heteroatoms. The van der Waals surface area contributed by atoms with Crippen molar-refractivity contribution >= 4 is 21.8 Å². The predicted molar refractivity (Wildman–Crippen MR) is 87.1 cm³/mol. The molecule has 0 saturated carbocycles. The highest BCUT2D eigenvalue weighted by molar-refractivity contribution is 9.10. The molecule has 1 amide bonds. The van der Waals surface area contributed by atoms with Crippen LogP contribution in [-0.4, -0.2) is 24.0 Å². The van der Waals surface area contributed by atoms with Crippen molar-refractivity contribution in [3.8, 4) is 0 Å². The second-order valence-electron chi connectivity index (χ2n) is 4.69. The lowest BCUT2D eigenvalue weighted by atomic mass is 10.2. The number of aromatic nitrogens is 1. The van der Waals surface area contributed by atoms with Crippen molar-refractivity contribution in [2.75, 3.05) is 13.1 Å². The van der Waals surface area contributed by atoms with E-state index in [-0.39, 0.29) is 11.9 Å². The van der Waals surface area contributed by atoms with Crippen molar-refractivity contribution in [2.45, 2.75) is 13.0 Å². The molecule has 0 unspecified atom stereocenters. The third-order valence-corrected chi connectivity index (χ3v) is 3.63. The SMILES string of the molecule is C[C@@H](NCCNC(=O)c1ccc(Br)cc1)c1ccccn1. The molecular formula is C16H18BrN3O. The molecule has 2 N–H and O–H groups in total. The maximum Gasteiger partial charge on any atom is 0.251 e. The van der Waals surface area contributed by atoms with Gasteiger partial charge < -0.3 is 10.6 Å². The van der Waals surface area contributed by atoms with Crippen LogP contribution in [0.5, 0.6) is 0 Å². The number of nitrogens with zero attached hydrogens (tertiary/aromatic N) is 1. The fraction of sp³-hybridized carbons (Fsp3) is 0.250. The van der Waals surface area contributed by atoms with Crippen LogP contribution in [0.3, 0.4) is 0 Å². The minimum Gasteiger partial charge on any atom is -0.351 e. The third-order valence-electron chi connectivity index (χ3n) is 3.10. The fourth-order valence-corrected chi connectivity index (χ4v) is 2.17. The molecule has 110 valence electrons. The number of carbonyl (C=O) groups excluding carboxylic acids is 1. The summed E-state index contributed by atoms with van der Waals surface area (Å²) >= 11 is 3.35. The second-order valence-corrected chi connectivity index (χ2v) is 5.61. The molecule has 0 fully saturated rings. The molecule has 0 bridgehead atoms. The number of benzene rings is 1. The lowest BCUT2D eigenvalue weighted by molar-refractivity contribution is 0.0953. The van der Waals surface area contributed by atoms with E-state index in [1.165, 1.54) is 0 Å². The maximum absolute atomic E-state index is 11.9. The Morgan fingerprint density at radius 3 is 2.62 bits per heavy atom. The van der Waals surface area contributed by atoms with E-state index in [9.17, 15) is 4.79 Å².